The monoisotopic (exact) mass is 282 g/mol. The average molecular weight is 283 g/mol. The maximum absolute atomic E-state index is 11.9. The number of rotatable bonds is 4. The number of nitro benzene ring substituents is 1. The minimum absolute atomic E-state index is 0.0747. The topological polar surface area (TPSA) is 72.2 Å². The van der Waals surface area contributed by atoms with E-state index in [0.29, 0.717) is 18.0 Å². The Bertz CT molecular complexity index is 493. The number of non-ortho nitro benzene ring substituents is 1. The number of carbonyl (C=O) groups is 1. The van der Waals surface area contributed by atoms with Crippen LogP contribution in [0.1, 0.15) is 29.6 Å². The molecule has 1 saturated carbocycles. The number of nitrogens with zero attached hydrogens (tertiary/aromatic N) is 1. The van der Waals surface area contributed by atoms with Gasteiger partial charge in [0.2, 0.25) is 0 Å². The first-order valence-electron chi connectivity index (χ1n) is 6.23. The molecule has 1 fully saturated rings. The summed E-state index contributed by atoms with van der Waals surface area (Å²) in [6, 6.07) is 5.74. The second-order valence-corrected chi connectivity index (χ2v) is 5.41. The molecule has 1 aliphatic rings. The summed E-state index contributed by atoms with van der Waals surface area (Å²) in [5.41, 5.74) is 0.240. The highest BCUT2D eigenvalue weighted by Gasteiger charge is 2.23. The van der Waals surface area contributed by atoms with Crippen molar-refractivity contribution in [2.45, 2.75) is 24.6 Å². The third-order valence-electron chi connectivity index (χ3n) is 3.35. The third-order valence-corrected chi connectivity index (χ3v) is 3.74. The minimum atomic E-state index is -0.508. The van der Waals surface area contributed by atoms with Gasteiger partial charge in [0.05, 0.1) is 4.92 Å². The fourth-order valence-corrected chi connectivity index (χ4v) is 2.68. The van der Waals surface area contributed by atoms with Gasteiger partial charge in [0.1, 0.15) is 0 Å². The Labute approximate surface area is 116 Å². The summed E-state index contributed by atoms with van der Waals surface area (Å²) < 4.78 is 0. The Hall–Kier alpha value is -1.62. The zero-order chi connectivity index (χ0) is 13.8. The molecule has 0 heterocycles. The normalized spacial score (nSPS) is 22.2. The van der Waals surface area contributed by atoms with Crippen molar-refractivity contribution in [1.82, 2.24) is 5.32 Å². The summed E-state index contributed by atoms with van der Waals surface area (Å²) in [5.74, 6) is 0.131. The van der Waals surface area contributed by atoms with E-state index in [1.807, 2.05) is 0 Å². The van der Waals surface area contributed by atoms with Gasteiger partial charge in [-0.05, 0) is 31.2 Å². The van der Waals surface area contributed by atoms with Gasteiger partial charge in [-0.25, -0.2) is 0 Å². The molecule has 2 rings (SSSR count). The molecule has 0 aliphatic heterocycles. The standard InChI is InChI=1S/C13H15ClN2O3/c14-11-5-4-9(6-11)8-15-13(17)10-2-1-3-12(7-10)16(18)19/h1-3,7,9,11H,4-6,8H2,(H,15,17). The van der Waals surface area contributed by atoms with E-state index >= 15 is 0 Å². The maximum Gasteiger partial charge on any atom is 0.270 e. The van der Waals surface area contributed by atoms with Gasteiger partial charge in [-0.2, -0.15) is 0 Å². The van der Waals surface area contributed by atoms with Crippen molar-refractivity contribution in [1.29, 1.82) is 0 Å². The van der Waals surface area contributed by atoms with Gasteiger partial charge in [0.15, 0.2) is 0 Å². The molecular formula is C13H15ClN2O3. The van der Waals surface area contributed by atoms with E-state index in [4.69, 9.17) is 11.6 Å². The highest BCUT2D eigenvalue weighted by molar-refractivity contribution is 6.20. The summed E-state index contributed by atoms with van der Waals surface area (Å²) in [4.78, 5) is 22.0. The first-order valence-corrected chi connectivity index (χ1v) is 6.66. The predicted molar refractivity (Wildman–Crippen MR) is 72.4 cm³/mol. The number of nitrogens with one attached hydrogen (secondary N) is 1. The van der Waals surface area contributed by atoms with Crippen molar-refractivity contribution in [3.8, 4) is 0 Å². The Morgan fingerprint density at radius 3 is 2.89 bits per heavy atom. The highest BCUT2D eigenvalue weighted by Crippen LogP contribution is 2.28. The molecule has 1 amide bonds. The number of benzene rings is 1. The molecule has 1 aromatic rings. The predicted octanol–water partition coefficient (Wildman–Crippen LogP) is 2.73. The lowest BCUT2D eigenvalue weighted by Crippen LogP contribution is -2.28. The van der Waals surface area contributed by atoms with Gasteiger partial charge in [-0.3, -0.25) is 14.9 Å². The van der Waals surface area contributed by atoms with Gasteiger partial charge in [-0.15, -0.1) is 11.6 Å². The molecule has 0 saturated heterocycles. The molecule has 2 atom stereocenters. The Morgan fingerprint density at radius 2 is 2.26 bits per heavy atom. The van der Waals surface area contributed by atoms with Gasteiger partial charge in [0, 0.05) is 29.6 Å². The highest BCUT2D eigenvalue weighted by atomic mass is 35.5. The number of nitro groups is 1. The van der Waals surface area contributed by atoms with Gasteiger partial charge in [-0.1, -0.05) is 6.07 Å². The second-order valence-electron chi connectivity index (χ2n) is 4.79. The van der Waals surface area contributed by atoms with Crippen LogP contribution in [0.5, 0.6) is 0 Å². The van der Waals surface area contributed by atoms with Gasteiger partial charge in [0.25, 0.3) is 11.6 Å². The van der Waals surface area contributed by atoms with Crippen LogP contribution < -0.4 is 5.32 Å². The van der Waals surface area contributed by atoms with E-state index in [0.717, 1.165) is 19.3 Å². The number of hydrogen-bond acceptors (Lipinski definition) is 3. The Kier molecular flexibility index (Phi) is 4.37. The molecule has 5 nitrogen and oxygen atoms in total. The zero-order valence-electron chi connectivity index (χ0n) is 10.3. The molecule has 0 bridgehead atoms. The molecule has 0 radical (unpaired) electrons. The number of alkyl halides is 1. The van der Waals surface area contributed by atoms with Crippen molar-refractivity contribution >= 4 is 23.2 Å². The van der Waals surface area contributed by atoms with Crippen LogP contribution in [-0.2, 0) is 0 Å². The molecule has 19 heavy (non-hydrogen) atoms. The van der Waals surface area contributed by atoms with Crippen LogP contribution in [0.2, 0.25) is 0 Å². The summed E-state index contributed by atoms with van der Waals surface area (Å²) in [7, 11) is 0. The fourth-order valence-electron chi connectivity index (χ4n) is 2.30. The van der Waals surface area contributed by atoms with Crippen molar-refractivity contribution in [3.63, 3.8) is 0 Å². The fraction of sp³-hybridized carbons (Fsp3) is 0.462. The van der Waals surface area contributed by atoms with Gasteiger partial charge < -0.3 is 5.32 Å². The van der Waals surface area contributed by atoms with Crippen LogP contribution in [0.3, 0.4) is 0 Å². The van der Waals surface area contributed by atoms with E-state index < -0.39 is 4.92 Å². The number of hydrogen-bond donors (Lipinski definition) is 1. The number of amides is 1. The van der Waals surface area contributed by atoms with Crippen molar-refractivity contribution < 1.29 is 9.72 Å². The average Bonchev–Trinajstić information content (AvgIpc) is 2.82. The van der Waals surface area contributed by atoms with E-state index in [1.165, 1.54) is 18.2 Å². The molecular weight excluding hydrogens is 268 g/mol. The SMILES string of the molecule is O=C(NCC1CCC(Cl)C1)c1cccc([N+](=O)[O-])c1. The second kappa shape index (κ2) is 6.02. The lowest BCUT2D eigenvalue weighted by molar-refractivity contribution is -0.384. The molecule has 2 unspecified atom stereocenters. The first kappa shape index (κ1) is 13.8. The van der Waals surface area contributed by atoms with Crippen molar-refractivity contribution in [2.24, 2.45) is 5.92 Å². The van der Waals surface area contributed by atoms with Crippen LogP contribution in [0.25, 0.3) is 0 Å². The number of carbonyl (C=O) groups excluding carboxylic acids is 1. The molecule has 102 valence electrons. The van der Waals surface area contributed by atoms with E-state index in [-0.39, 0.29) is 17.0 Å². The van der Waals surface area contributed by atoms with Crippen LogP contribution in [0, 0.1) is 16.0 Å². The molecule has 0 spiro atoms. The smallest absolute Gasteiger partial charge is 0.270 e. The van der Waals surface area contributed by atoms with Crippen molar-refractivity contribution in [2.75, 3.05) is 6.54 Å². The van der Waals surface area contributed by atoms with Crippen LogP contribution in [0.4, 0.5) is 5.69 Å². The Balaban J connectivity index is 1.92. The number of halogens is 1. The molecule has 6 heteroatoms. The molecule has 1 N–H and O–H groups in total. The lowest BCUT2D eigenvalue weighted by Gasteiger charge is -2.10. The molecule has 0 aromatic heterocycles. The summed E-state index contributed by atoms with van der Waals surface area (Å²) in [6.07, 6.45) is 2.92. The van der Waals surface area contributed by atoms with Gasteiger partial charge >= 0.3 is 0 Å². The zero-order valence-corrected chi connectivity index (χ0v) is 11.1. The summed E-state index contributed by atoms with van der Waals surface area (Å²) in [5, 5.41) is 13.7. The Morgan fingerprint density at radius 1 is 1.47 bits per heavy atom. The van der Waals surface area contributed by atoms with E-state index in [9.17, 15) is 14.9 Å². The van der Waals surface area contributed by atoms with Crippen LogP contribution in [0.15, 0.2) is 24.3 Å². The maximum atomic E-state index is 11.9. The summed E-state index contributed by atoms with van der Waals surface area (Å²) in [6.45, 7) is 0.574. The lowest BCUT2D eigenvalue weighted by atomic mass is 10.1. The molecule has 1 aliphatic carbocycles. The van der Waals surface area contributed by atoms with Crippen LogP contribution in [-0.4, -0.2) is 22.8 Å². The molecule has 1 aromatic carbocycles. The van der Waals surface area contributed by atoms with E-state index in [2.05, 4.69) is 5.32 Å². The quantitative estimate of drug-likeness (QED) is 0.524. The third kappa shape index (κ3) is 3.67. The van der Waals surface area contributed by atoms with E-state index in [1.54, 1.807) is 6.07 Å². The minimum Gasteiger partial charge on any atom is -0.352 e. The largest absolute Gasteiger partial charge is 0.352 e. The van der Waals surface area contributed by atoms with Crippen LogP contribution >= 0.6 is 11.6 Å². The first-order chi connectivity index (χ1) is 9.06. The summed E-state index contributed by atoms with van der Waals surface area (Å²) >= 11 is 6.01. The van der Waals surface area contributed by atoms with Crippen molar-refractivity contribution in [3.05, 3.63) is 39.9 Å².